The summed E-state index contributed by atoms with van der Waals surface area (Å²) in [4.78, 5) is 0. The van der Waals surface area contributed by atoms with Crippen LogP contribution in [0.2, 0.25) is 0 Å². The second-order valence-electron chi connectivity index (χ2n) is 6.55. The number of benzene rings is 4. The third kappa shape index (κ3) is 2.96. The van der Waals surface area contributed by atoms with Crippen LogP contribution < -0.4 is 0 Å². The Hall–Kier alpha value is -3.52. The molecule has 4 rings (SSSR count). The number of aromatic hydroxyl groups is 2. The van der Waals surface area contributed by atoms with Gasteiger partial charge in [-0.15, -0.1) is 0 Å². The highest BCUT2D eigenvalue weighted by Gasteiger charge is 2.24. The maximum atomic E-state index is 10.9. The Kier molecular flexibility index (Phi) is 4.39. The third-order valence-corrected chi connectivity index (χ3v) is 4.88. The van der Waals surface area contributed by atoms with Gasteiger partial charge in [0.05, 0.1) is 0 Å². The van der Waals surface area contributed by atoms with E-state index in [2.05, 4.69) is 0 Å². The number of phenols is 2. The number of phenolic OH excluding ortho intramolecular Hbond substituents is 2. The maximum Gasteiger partial charge on any atom is 0.166 e. The van der Waals surface area contributed by atoms with E-state index in [9.17, 15) is 10.2 Å². The van der Waals surface area contributed by atoms with Crippen LogP contribution in [0.25, 0.3) is 33.4 Å². The zero-order valence-corrected chi connectivity index (χ0v) is 15.1. The van der Waals surface area contributed by atoms with Crippen LogP contribution in [-0.2, 0) is 0 Å². The van der Waals surface area contributed by atoms with Crippen molar-refractivity contribution in [3.8, 4) is 44.9 Å². The van der Waals surface area contributed by atoms with Crippen molar-refractivity contribution in [1.82, 2.24) is 0 Å². The molecule has 0 fully saturated rings. The molecule has 2 N–H and O–H groups in total. The van der Waals surface area contributed by atoms with Crippen molar-refractivity contribution in [2.75, 3.05) is 0 Å². The van der Waals surface area contributed by atoms with Crippen molar-refractivity contribution >= 4 is 0 Å². The van der Waals surface area contributed by atoms with E-state index in [1.807, 2.05) is 97.9 Å². The van der Waals surface area contributed by atoms with Gasteiger partial charge in [0, 0.05) is 16.7 Å². The zero-order chi connectivity index (χ0) is 18.8. The smallest absolute Gasteiger partial charge is 0.166 e. The summed E-state index contributed by atoms with van der Waals surface area (Å²) in [5, 5.41) is 21.6. The van der Waals surface area contributed by atoms with Crippen LogP contribution in [0.4, 0.5) is 0 Å². The summed E-state index contributed by atoms with van der Waals surface area (Å²) in [7, 11) is 0. The van der Waals surface area contributed by atoms with Crippen molar-refractivity contribution in [2.45, 2.75) is 6.92 Å². The minimum absolute atomic E-state index is 0.0765. The number of hydrogen-bond donors (Lipinski definition) is 2. The van der Waals surface area contributed by atoms with Crippen molar-refractivity contribution in [3.63, 3.8) is 0 Å². The van der Waals surface area contributed by atoms with E-state index in [4.69, 9.17) is 0 Å². The molecule has 2 nitrogen and oxygen atoms in total. The number of rotatable bonds is 3. The van der Waals surface area contributed by atoms with E-state index in [-0.39, 0.29) is 11.5 Å². The van der Waals surface area contributed by atoms with Gasteiger partial charge in [0.1, 0.15) is 0 Å². The van der Waals surface area contributed by atoms with Gasteiger partial charge in [-0.25, -0.2) is 0 Å². The Morgan fingerprint density at radius 2 is 0.815 bits per heavy atom. The van der Waals surface area contributed by atoms with Gasteiger partial charge in [0.15, 0.2) is 11.5 Å². The standard InChI is InChI=1S/C25H20O2/c1-17-21(18-11-5-2-6-12-18)22(19-13-7-3-8-14-19)23(25(27)24(17)26)20-15-9-4-10-16-20/h2-16,26-27H,1H3. The molecule has 0 atom stereocenters. The van der Waals surface area contributed by atoms with Crippen LogP contribution in [0, 0.1) is 6.92 Å². The second kappa shape index (κ2) is 7.00. The highest BCUT2D eigenvalue weighted by Crippen LogP contribution is 2.51. The summed E-state index contributed by atoms with van der Waals surface area (Å²) in [6, 6.07) is 29.7. The van der Waals surface area contributed by atoms with Gasteiger partial charge in [-0.3, -0.25) is 0 Å². The van der Waals surface area contributed by atoms with E-state index in [0.717, 1.165) is 27.8 Å². The molecule has 0 radical (unpaired) electrons. The topological polar surface area (TPSA) is 40.5 Å². The molecule has 4 aromatic rings. The van der Waals surface area contributed by atoms with Gasteiger partial charge in [0.25, 0.3) is 0 Å². The second-order valence-corrected chi connectivity index (χ2v) is 6.55. The van der Waals surface area contributed by atoms with E-state index in [1.165, 1.54) is 0 Å². The molecular weight excluding hydrogens is 332 g/mol. The van der Waals surface area contributed by atoms with Crippen LogP contribution in [0.3, 0.4) is 0 Å². The SMILES string of the molecule is Cc1c(O)c(O)c(-c2ccccc2)c(-c2ccccc2)c1-c1ccccc1. The molecule has 2 heteroatoms. The van der Waals surface area contributed by atoms with Crippen molar-refractivity contribution in [3.05, 3.63) is 96.6 Å². The van der Waals surface area contributed by atoms with E-state index in [0.29, 0.717) is 11.1 Å². The van der Waals surface area contributed by atoms with E-state index < -0.39 is 0 Å². The first-order valence-electron chi connectivity index (χ1n) is 8.93. The quantitative estimate of drug-likeness (QED) is 0.418. The first kappa shape index (κ1) is 16.9. The summed E-state index contributed by atoms with van der Waals surface area (Å²) in [6.07, 6.45) is 0. The average Bonchev–Trinajstić information content (AvgIpc) is 2.73. The van der Waals surface area contributed by atoms with Crippen LogP contribution >= 0.6 is 0 Å². The first-order valence-corrected chi connectivity index (χ1v) is 8.93. The lowest BCUT2D eigenvalue weighted by atomic mass is 9.84. The monoisotopic (exact) mass is 352 g/mol. The van der Waals surface area contributed by atoms with Crippen LogP contribution in [0.5, 0.6) is 11.5 Å². The largest absolute Gasteiger partial charge is 0.504 e. The summed E-state index contributed by atoms with van der Waals surface area (Å²) >= 11 is 0. The normalized spacial score (nSPS) is 10.7. The Morgan fingerprint density at radius 1 is 0.444 bits per heavy atom. The third-order valence-electron chi connectivity index (χ3n) is 4.88. The molecule has 0 aliphatic heterocycles. The van der Waals surface area contributed by atoms with E-state index >= 15 is 0 Å². The van der Waals surface area contributed by atoms with E-state index in [1.54, 1.807) is 0 Å². The van der Waals surface area contributed by atoms with Crippen LogP contribution in [0.15, 0.2) is 91.0 Å². The van der Waals surface area contributed by atoms with Crippen molar-refractivity contribution in [1.29, 1.82) is 0 Å². The molecular formula is C25H20O2. The molecule has 0 heterocycles. The van der Waals surface area contributed by atoms with Gasteiger partial charge in [-0.1, -0.05) is 91.0 Å². The predicted molar refractivity (Wildman–Crippen MR) is 111 cm³/mol. The summed E-state index contributed by atoms with van der Waals surface area (Å²) in [5.74, 6) is -0.162. The Morgan fingerprint density at radius 3 is 1.26 bits per heavy atom. The van der Waals surface area contributed by atoms with Gasteiger partial charge in [-0.2, -0.15) is 0 Å². The Bertz CT molecular complexity index is 1000. The summed E-state index contributed by atoms with van der Waals surface area (Å²) < 4.78 is 0. The van der Waals surface area contributed by atoms with Crippen LogP contribution in [0.1, 0.15) is 5.56 Å². The maximum absolute atomic E-state index is 10.9. The summed E-state index contributed by atoms with van der Waals surface area (Å²) in [6.45, 7) is 1.85. The minimum atomic E-state index is -0.0859. The molecule has 0 saturated heterocycles. The lowest BCUT2D eigenvalue weighted by Crippen LogP contribution is -1.95. The average molecular weight is 352 g/mol. The highest BCUT2D eigenvalue weighted by atomic mass is 16.3. The molecule has 4 aromatic carbocycles. The van der Waals surface area contributed by atoms with Gasteiger partial charge < -0.3 is 10.2 Å². The van der Waals surface area contributed by atoms with Gasteiger partial charge in [-0.05, 0) is 29.2 Å². The lowest BCUT2D eigenvalue weighted by Gasteiger charge is -2.21. The first-order chi connectivity index (χ1) is 13.2. The lowest BCUT2D eigenvalue weighted by molar-refractivity contribution is 0.403. The van der Waals surface area contributed by atoms with Gasteiger partial charge in [0.2, 0.25) is 0 Å². The van der Waals surface area contributed by atoms with Crippen LogP contribution in [-0.4, -0.2) is 10.2 Å². The fraction of sp³-hybridized carbons (Fsp3) is 0.0400. The molecule has 0 unspecified atom stereocenters. The highest BCUT2D eigenvalue weighted by molar-refractivity contribution is 6.00. The minimum Gasteiger partial charge on any atom is -0.504 e. The molecule has 27 heavy (non-hydrogen) atoms. The molecule has 0 saturated carbocycles. The predicted octanol–water partition coefficient (Wildman–Crippen LogP) is 6.41. The zero-order valence-electron chi connectivity index (χ0n) is 15.1. The fourth-order valence-corrected chi connectivity index (χ4v) is 3.59. The molecule has 0 bridgehead atoms. The Labute approximate surface area is 159 Å². The Balaban J connectivity index is 2.18. The van der Waals surface area contributed by atoms with Gasteiger partial charge >= 0.3 is 0 Å². The molecule has 0 spiro atoms. The number of hydrogen-bond acceptors (Lipinski definition) is 2. The molecule has 0 aliphatic carbocycles. The molecule has 132 valence electrons. The fourth-order valence-electron chi connectivity index (χ4n) is 3.59. The summed E-state index contributed by atoms with van der Waals surface area (Å²) in [5.41, 5.74) is 6.01. The molecule has 0 amide bonds. The molecule has 0 aliphatic rings. The molecule has 0 aromatic heterocycles. The van der Waals surface area contributed by atoms with Crippen molar-refractivity contribution < 1.29 is 10.2 Å². The van der Waals surface area contributed by atoms with Crippen molar-refractivity contribution in [2.24, 2.45) is 0 Å².